The van der Waals surface area contributed by atoms with Gasteiger partial charge in [0.15, 0.2) is 5.58 Å². The van der Waals surface area contributed by atoms with E-state index in [4.69, 9.17) is 4.42 Å². The summed E-state index contributed by atoms with van der Waals surface area (Å²) in [5.41, 5.74) is 3.06. The number of thioether (sulfide) groups is 1. The Morgan fingerprint density at radius 2 is 2.26 bits per heavy atom. The minimum Gasteiger partial charge on any atom is -0.431 e. The van der Waals surface area contributed by atoms with Gasteiger partial charge in [-0.05, 0) is 51.2 Å². The Morgan fingerprint density at radius 1 is 1.39 bits per heavy atom. The molecular formula is C18H22N2O2S. The van der Waals surface area contributed by atoms with Crippen LogP contribution in [-0.2, 0) is 4.79 Å². The molecule has 1 unspecified atom stereocenters. The van der Waals surface area contributed by atoms with Crippen LogP contribution in [0.3, 0.4) is 0 Å². The summed E-state index contributed by atoms with van der Waals surface area (Å²) in [5, 5.41) is 3.34. The Bertz CT molecular complexity index is 675. The normalized spacial score (nSPS) is 16.1. The molecular weight excluding hydrogens is 308 g/mol. The van der Waals surface area contributed by atoms with Crippen LogP contribution < -0.4 is 5.32 Å². The summed E-state index contributed by atoms with van der Waals surface area (Å²) in [6.45, 7) is 2.60. The minimum absolute atomic E-state index is 0.0358. The van der Waals surface area contributed by atoms with Crippen LogP contribution in [0.1, 0.15) is 39.0 Å². The molecule has 0 spiro atoms. The van der Waals surface area contributed by atoms with Gasteiger partial charge in [0.1, 0.15) is 5.52 Å². The number of nitrogens with one attached hydrogen (secondary N) is 1. The molecule has 1 aliphatic carbocycles. The van der Waals surface area contributed by atoms with Gasteiger partial charge in [0, 0.05) is 6.54 Å². The highest BCUT2D eigenvalue weighted by Gasteiger charge is 2.17. The fraction of sp³-hybridized carbons (Fsp3) is 0.444. The molecule has 1 aromatic carbocycles. The van der Waals surface area contributed by atoms with E-state index in [9.17, 15) is 4.79 Å². The number of carbonyl (C=O) groups is 1. The molecule has 0 saturated carbocycles. The highest BCUT2D eigenvalue weighted by molar-refractivity contribution is 8.00. The zero-order chi connectivity index (χ0) is 16.1. The molecule has 122 valence electrons. The third kappa shape index (κ3) is 4.38. The SMILES string of the molecule is CC(Sc1nc2ccccc2o1)C(=O)NCCC1=CCCCC1. The van der Waals surface area contributed by atoms with Crippen molar-refractivity contribution in [1.29, 1.82) is 0 Å². The number of rotatable bonds is 6. The number of nitrogens with zero attached hydrogens (tertiary/aromatic N) is 1. The van der Waals surface area contributed by atoms with Gasteiger partial charge in [-0.25, -0.2) is 4.98 Å². The third-order valence-electron chi connectivity index (χ3n) is 4.05. The topological polar surface area (TPSA) is 55.1 Å². The quantitative estimate of drug-likeness (QED) is 0.633. The molecule has 2 aromatic rings. The fourth-order valence-electron chi connectivity index (χ4n) is 2.73. The van der Waals surface area contributed by atoms with Crippen molar-refractivity contribution in [3.05, 3.63) is 35.9 Å². The number of para-hydroxylation sites is 2. The summed E-state index contributed by atoms with van der Waals surface area (Å²) in [4.78, 5) is 16.6. The lowest BCUT2D eigenvalue weighted by atomic mass is 9.97. The van der Waals surface area contributed by atoms with Crippen molar-refractivity contribution in [1.82, 2.24) is 10.3 Å². The molecule has 1 aliphatic rings. The molecule has 0 saturated heterocycles. The molecule has 4 nitrogen and oxygen atoms in total. The van der Waals surface area contributed by atoms with E-state index in [1.807, 2.05) is 31.2 Å². The van der Waals surface area contributed by atoms with Gasteiger partial charge < -0.3 is 9.73 Å². The van der Waals surface area contributed by atoms with Gasteiger partial charge in [-0.1, -0.05) is 35.5 Å². The maximum Gasteiger partial charge on any atom is 0.257 e. The molecule has 1 N–H and O–H groups in total. The first kappa shape index (κ1) is 16.1. The lowest BCUT2D eigenvalue weighted by Crippen LogP contribution is -2.31. The number of benzene rings is 1. The first-order valence-electron chi connectivity index (χ1n) is 8.20. The molecule has 1 amide bonds. The third-order valence-corrected chi connectivity index (χ3v) is 5.00. The van der Waals surface area contributed by atoms with Crippen LogP contribution in [0.2, 0.25) is 0 Å². The van der Waals surface area contributed by atoms with Gasteiger partial charge in [0.25, 0.3) is 5.22 Å². The zero-order valence-corrected chi connectivity index (χ0v) is 14.2. The number of oxazole rings is 1. The first-order valence-corrected chi connectivity index (χ1v) is 9.08. The van der Waals surface area contributed by atoms with E-state index < -0.39 is 0 Å². The predicted octanol–water partition coefficient (Wildman–Crippen LogP) is 4.32. The largest absolute Gasteiger partial charge is 0.431 e. The second-order valence-electron chi connectivity index (χ2n) is 5.86. The summed E-state index contributed by atoms with van der Waals surface area (Å²) in [7, 11) is 0. The lowest BCUT2D eigenvalue weighted by molar-refractivity contribution is -0.120. The standard InChI is InChI=1S/C18H22N2O2S/c1-13(17(21)19-12-11-14-7-3-2-4-8-14)23-18-20-15-9-5-6-10-16(15)22-18/h5-7,9-10,13H,2-4,8,11-12H2,1H3,(H,19,21). The molecule has 0 bridgehead atoms. The van der Waals surface area contributed by atoms with Crippen LogP contribution in [-0.4, -0.2) is 22.7 Å². The van der Waals surface area contributed by atoms with Crippen molar-refractivity contribution in [2.75, 3.05) is 6.54 Å². The van der Waals surface area contributed by atoms with Crippen LogP contribution in [0.5, 0.6) is 0 Å². The smallest absolute Gasteiger partial charge is 0.257 e. The maximum absolute atomic E-state index is 12.2. The number of carbonyl (C=O) groups excluding carboxylic acids is 1. The van der Waals surface area contributed by atoms with Crippen molar-refractivity contribution in [3.63, 3.8) is 0 Å². The average molecular weight is 330 g/mol. The van der Waals surface area contributed by atoms with Crippen molar-refractivity contribution >= 4 is 28.8 Å². The lowest BCUT2D eigenvalue weighted by Gasteiger charge is -2.14. The van der Waals surface area contributed by atoms with E-state index in [-0.39, 0.29) is 11.2 Å². The molecule has 3 rings (SSSR count). The highest BCUT2D eigenvalue weighted by Crippen LogP contribution is 2.26. The Morgan fingerprint density at radius 3 is 3.04 bits per heavy atom. The van der Waals surface area contributed by atoms with E-state index in [1.165, 1.54) is 43.0 Å². The van der Waals surface area contributed by atoms with Gasteiger partial charge in [0.05, 0.1) is 5.25 Å². The van der Waals surface area contributed by atoms with Crippen molar-refractivity contribution in [2.45, 2.75) is 49.5 Å². The molecule has 1 heterocycles. The van der Waals surface area contributed by atoms with E-state index >= 15 is 0 Å². The van der Waals surface area contributed by atoms with Crippen LogP contribution >= 0.6 is 11.8 Å². The van der Waals surface area contributed by atoms with E-state index in [2.05, 4.69) is 16.4 Å². The van der Waals surface area contributed by atoms with Crippen LogP contribution in [0, 0.1) is 0 Å². The van der Waals surface area contributed by atoms with Crippen molar-refractivity contribution in [3.8, 4) is 0 Å². The van der Waals surface area contributed by atoms with Gasteiger partial charge in [-0.15, -0.1) is 0 Å². The Kier molecular flexibility index (Phi) is 5.39. The summed E-state index contributed by atoms with van der Waals surface area (Å²) in [6.07, 6.45) is 8.24. The number of fused-ring (bicyclic) bond motifs is 1. The Hall–Kier alpha value is -1.75. The molecule has 1 aromatic heterocycles. The van der Waals surface area contributed by atoms with Crippen molar-refractivity contribution in [2.24, 2.45) is 0 Å². The number of amides is 1. The van der Waals surface area contributed by atoms with Gasteiger partial charge in [-0.2, -0.15) is 0 Å². The van der Waals surface area contributed by atoms with Gasteiger partial charge in [0.2, 0.25) is 5.91 Å². The molecule has 0 aliphatic heterocycles. The van der Waals surface area contributed by atoms with E-state index in [1.54, 1.807) is 0 Å². The van der Waals surface area contributed by atoms with Crippen LogP contribution in [0.15, 0.2) is 45.6 Å². The van der Waals surface area contributed by atoms with E-state index in [0.29, 0.717) is 11.8 Å². The monoisotopic (exact) mass is 330 g/mol. The second-order valence-corrected chi connectivity index (χ2v) is 7.15. The molecule has 0 fully saturated rings. The molecule has 23 heavy (non-hydrogen) atoms. The zero-order valence-electron chi connectivity index (χ0n) is 13.4. The number of allylic oxidation sites excluding steroid dienone is 1. The first-order chi connectivity index (χ1) is 11.2. The van der Waals surface area contributed by atoms with Crippen molar-refractivity contribution < 1.29 is 9.21 Å². The summed E-state index contributed by atoms with van der Waals surface area (Å²) < 4.78 is 5.65. The maximum atomic E-state index is 12.2. The predicted molar refractivity (Wildman–Crippen MR) is 93.5 cm³/mol. The summed E-state index contributed by atoms with van der Waals surface area (Å²) in [6, 6.07) is 7.63. The fourth-order valence-corrected chi connectivity index (χ4v) is 3.51. The second kappa shape index (κ2) is 7.68. The summed E-state index contributed by atoms with van der Waals surface area (Å²) >= 11 is 1.36. The van der Waals surface area contributed by atoms with Gasteiger partial charge in [-0.3, -0.25) is 4.79 Å². The van der Waals surface area contributed by atoms with Gasteiger partial charge >= 0.3 is 0 Å². The highest BCUT2D eigenvalue weighted by atomic mass is 32.2. The Labute approximate surface area is 140 Å². The summed E-state index contributed by atoms with van der Waals surface area (Å²) in [5.74, 6) is 0.0358. The van der Waals surface area contributed by atoms with E-state index in [0.717, 1.165) is 17.5 Å². The number of hydrogen-bond acceptors (Lipinski definition) is 4. The Balaban J connectivity index is 1.48. The molecule has 0 radical (unpaired) electrons. The molecule has 5 heteroatoms. The van der Waals surface area contributed by atoms with Crippen LogP contribution in [0.4, 0.5) is 0 Å². The number of hydrogen-bond donors (Lipinski definition) is 1. The average Bonchev–Trinajstić information content (AvgIpc) is 2.98. The molecule has 1 atom stereocenters. The number of aromatic nitrogens is 1. The minimum atomic E-state index is -0.219. The van der Waals surface area contributed by atoms with Crippen LogP contribution in [0.25, 0.3) is 11.1 Å².